The van der Waals surface area contributed by atoms with Crippen molar-refractivity contribution in [1.82, 2.24) is 15.3 Å². The molecule has 3 rings (SSSR count). The van der Waals surface area contributed by atoms with Crippen LogP contribution in [0.5, 0.6) is 0 Å². The molecule has 31 heavy (non-hydrogen) atoms. The number of nitrogens with zero attached hydrogens (tertiary/aromatic N) is 2. The van der Waals surface area contributed by atoms with Gasteiger partial charge in [-0.3, -0.25) is 4.79 Å². The van der Waals surface area contributed by atoms with E-state index in [0.717, 1.165) is 23.4 Å². The Morgan fingerprint density at radius 2 is 1.77 bits per heavy atom. The Balaban J connectivity index is 1.75. The van der Waals surface area contributed by atoms with Crippen molar-refractivity contribution in [2.24, 2.45) is 0 Å². The van der Waals surface area contributed by atoms with E-state index >= 15 is 0 Å². The molecule has 0 aliphatic heterocycles. The summed E-state index contributed by atoms with van der Waals surface area (Å²) in [4.78, 5) is 20.3. The Morgan fingerprint density at radius 3 is 2.42 bits per heavy atom. The van der Waals surface area contributed by atoms with Crippen LogP contribution in [0.1, 0.15) is 18.2 Å². The standard InChI is InChI=1S/C21H16Cl2F3N3OS/c1-12(19(30)27-11-13-7-8-15(22)16(23)9-13)31-20-28-17(14-5-3-2-4-6-14)10-18(29-20)21(24,25)26/h2-10,12H,11H2,1H3,(H,27,30). The van der Waals surface area contributed by atoms with Crippen molar-refractivity contribution in [2.45, 2.75) is 30.1 Å². The van der Waals surface area contributed by atoms with Gasteiger partial charge in [-0.25, -0.2) is 9.97 Å². The van der Waals surface area contributed by atoms with Gasteiger partial charge in [0, 0.05) is 12.1 Å². The molecule has 0 fully saturated rings. The second-order valence-corrected chi connectivity index (χ2v) is 8.63. The zero-order valence-corrected chi connectivity index (χ0v) is 18.4. The van der Waals surface area contributed by atoms with Crippen LogP contribution < -0.4 is 5.32 Å². The highest BCUT2D eigenvalue weighted by atomic mass is 35.5. The first-order valence-electron chi connectivity index (χ1n) is 9.03. The number of nitrogens with one attached hydrogen (secondary N) is 1. The highest BCUT2D eigenvalue weighted by molar-refractivity contribution is 8.00. The number of halogens is 5. The maximum absolute atomic E-state index is 13.3. The van der Waals surface area contributed by atoms with Crippen molar-refractivity contribution in [3.8, 4) is 11.3 Å². The van der Waals surface area contributed by atoms with Crippen LogP contribution in [0.3, 0.4) is 0 Å². The summed E-state index contributed by atoms with van der Waals surface area (Å²) in [7, 11) is 0. The summed E-state index contributed by atoms with van der Waals surface area (Å²) < 4.78 is 40.0. The Morgan fingerprint density at radius 1 is 1.06 bits per heavy atom. The highest BCUT2D eigenvalue weighted by Gasteiger charge is 2.34. The molecule has 0 saturated carbocycles. The van der Waals surface area contributed by atoms with Gasteiger partial charge < -0.3 is 5.32 Å². The SMILES string of the molecule is CC(Sc1nc(-c2ccccc2)cc(C(F)(F)F)n1)C(=O)NCc1ccc(Cl)c(Cl)c1. The molecule has 1 aromatic heterocycles. The molecule has 10 heteroatoms. The number of hydrogen-bond donors (Lipinski definition) is 1. The minimum Gasteiger partial charge on any atom is -0.351 e. The lowest BCUT2D eigenvalue weighted by atomic mass is 10.1. The van der Waals surface area contributed by atoms with Crippen molar-refractivity contribution in [3.63, 3.8) is 0 Å². The van der Waals surface area contributed by atoms with Crippen LogP contribution in [0.2, 0.25) is 10.0 Å². The first-order valence-corrected chi connectivity index (χ1v) is 10.7. The minimum atomic E-state index is -4.64. The number of alkyl halides is 3. The molecular formula is C21H16Cl2F3N3OS. The van der Waals surface area contributed by atoms with E-state index in [1.807, 2.05) is 0 Å². The van der Waals surface area contributed by atoms with E-state index in [1.54, 1.807) is 55.5 Å². The molecule has 0 radical (unpaired) electrons. The zero-order valence-electron chi connectivity index (χ0n) is 16.1. The van der Waals surface area contributed by atoms with E-state index in [2.05, 4.69) is 15.3 Å². The Bertz CT molecular complexity index is 1080. The normalized spacial score (nSPS) is 12.5. The van der Waals surface area contributed by atoms with Crippen LogP contribution >= 0.6 is 35.0 Å². The summed E-state index contributed by atoms with van der Waals surface area (Å²) in [5.41, 5.74) is 0.330. The maximum atomic E-state index is 13.3. The molecule has 1 unspecified atom stereocenters. The molecule has 162 valence electrons. The van der Waals surface area contributed by atoms with E-state index in [4.69, 9.17) is 23.2 Å². The second-order valence-electron chi connectivity index (χ2n) is 6.51. The number of thioether (sulfide) groups is 1. The van der Waals surface area contributed by atoms with E-state index in [0.29, 0.717) is 15.6 Å². The largest absolute Gasteiger partial charge is 0.433 e. The molecule has 1 N–H and O–H groups in total. The van der Waals surface area contributed by atoms with Gasteiger partial charge in [0.1, 0.15) is 5.69 Å². The fraction of sp³-hybridized carbons (Fsp3) is 0.190. The molecule has 0 saturated heterocycles. The number of benzene rings is 2. The zero-order chi connectivity index (χ0) is 22.6. The molecule has 0 aliphatic rings. The molecule has 0 aliphatic carbocycles. The average Bonchev–Trinajstić information content (AvgIpc) is 2.74. The molecular weight excluding hydrogens is 470 g/mol. The fourth-order valence-corrected chi connectivity index (χ4v) is 3.70. The third-order valence-corrected chi connectivity index (χ3v) is 5.87. The topological polar surface area (TPSA) is 54.9 Å². The van der Waals surface area contributed by atoms with Gasteiger partial charge in [-0.1, -0.05) is 71.4 Å². The van der Waals surface area contributed by atoms with Crippen LogP contribution in [0.25, 0.3) is 11.3 Å². The highest BCUT2D eigenvalue weighted by Crippen LogP contribution is 2.33. The minimum absolute atomic E-state index is 0.133. The summed E-state index contributed by atoms with van der Waals surface area (Å²) >= 11 is 12.7. The lowest BCUT2D eigenvalue weighted by Crippen LogP contribution is -2.30. The number of carbonyl (C=O) groups excluding carboxylic acids is 1. The predicted molar refractivity (Wildman–Crippen MR) is 116 cm³/mol. The Kier molecular flexibility index (Phi) is 7.46. The molecule has 0 bridgehead atoms. The fourth-order valence-electron chi connectivity index (χ4n) is 2.57. The molecule has 1 amide bonds. The number of rotatable bonds is 6. The average molecular weight is 486 g/mol. The van der Waals surface area contributed by atoms with Crippen LogP contribution in [-0.2, 0) is 17.5 Å². The quantitative estimate of drug-likeness (QED) is 0.330. The molecule has 4 nitrogen and oxygen atoms in total. The van der Waals surface area contributed by atoms with E-state index in [-0.39, 0.29) is 23.3 Å². The van der Waals surface area contributed by atoms with Crippen molar-refractivity contribution in [2.75, 3.05) is 0 Å². The van der Waals surface area contributed by atoms with Gasteiger partial charge in [0.05, 0.1) is 21.0 Å². The van der Waals surface area contributed by atoms with E-state index < -0.39 is 17.1 Å². The van der Waals surface area contributed by atoms with Crippen LogP contribution in [-0.4, -0.2) is 21.1 Å². The molecule has 2 aromatic carbocycles. The van der Waals surface area contributed by atoms with Crippen LogP contribution in [0, 0.1) is 0 Å². The summed E-state index contributed by atoms with van der Waals surface area (Å²) in [6.45, 7) is 1.76. The van der Waals surface area contributed by atoms with Gasteiger partial charge in [-0.15, -0.1) is 0 Å². The third-order valence-electron chi connectivity index (χ3n) is 4.17. The van der Waals surface area contributed by atoms with Crippen molar-refractivity contribution in [3.05, 3.63) is 75.9 Å². The van der Waals surface area contributed by atoms with Gasteiger partial charge in [0.2, 0.25) is 5.91 Å². The summed E-state index contributed by atoms with van der Waals surface area (Å²) in [5, 5.41) is 2.62. The number of carbonyl (C=O) groups is 1. The smallest absolute Gasteiger partial charge is 0.351 e. The van der Waals surface area contributed by atoms with Crippen LogP contribution in [0.4, 0.5) is 13.2 Å². The number of aromatic nitrogens is 2. The van der Waals surface area contributed by atoms with Crippen molar-refractivity contribution >= 4 is 40.9 Å². The number of amides is 1. The molecule has 1 atom stereocenters. The van der Waals surface area contributed by atoms with Crippen molar-refractivity contribution < 1.29 is 18.0 Å². The summed E-state index contributed by atoms with van der Waals surface area (Å²) in [6, 6.07) is 14.3. The first-order chi connectivity index (χ1) is 14.6. The second kappa shape index (κ2) is 9.89. The molecule has 1 heterocycles. The van der Waals surface area contributed by atoms with E-state index in [9.17, 15) is 18.0 Å². The summed E-state index contributed by atoms with van der Waals surface area (Å²) in [6.07, 6.45) is -4.64. The third kappa shape index (κ3) is 6.35. The van der Waals surface area contributed by atoms with Gasteiger partial charge in [0.15, 0.2) is 5.16 Å². The van der Waals surface area contributed by atoms with Gasteiger partial charge in [-0.2, -0.15) is 13.2 Å². The molecule has 0 spiro atoms. The molecule has 3 aromatic rings. The monoisotopic (exact) mass is 485 g/mol. The van der Waals surface area contributed by atoms with Gasteiger partial charge in [-0.05, 0) is 30.7 Å². The Labute approximate surface area is 191 Å². The summed E-state index contributed by atoms with van der Waals surface area (Å²) in [5.74, 6) is -0.377. The maximum Gasteiger partial charge on any atom is 0.433 e. The Hall–Kier alpha value is -2.29. The van der Waals surface area contributed by atoms with Gasteiger partial charge in [0.25, 0.3) is 0 Å². The van der Waals surface area contributed by atoms with Gasteiger partial charge >= 0.3 is 6.18 Å². The number of hydrogen-bond acceptors (Lipinski definition) is 4. The van der Waals surface area contributed by atoms with Crippen molar-refractivity contribution in [1.29, 1.82) is 0 Å². The predicted octanol–water partition coefficient (Wildman–Crippen LogP) is 6.27. The lowest BCUT2D eigenvalue weighted by molar-refractivity contribution is -0.141. The lowest BCUT2D eigenvalue weighted by Gasteiger charge is -2.14. The van der Waals surface area contributed by atoms with E-state index in [1.165, 1.54) is 0 Å². The van der Waals surface area contributed by atoms with Crippen LogP contribution in [0.15, 0.2) is 59.8 Å². The first kappa shape index (κ1) is 23.4.